The lowest BCUT2D eigenvalue weighted by Crippen LogP contribution is -2.32. The Kier molecular flexibility index (Phi) is 6.81. The second-order valence-corrected chi connectivity index (χ2v) is 5.05. The van der Waals surface area contributed by atoms with Gasteiger partial charge in [0.15, 0.2) is 6.61 Å². The summed E-state index contributed by atoms with van der Waals surface area (Å²) in [5, 5.41) is 7.26. The lowest BCUT2D eigenvalue weighted by molar-refractivity contribution is -0.126. The van der Waals surface area contributed by atoms with E-state index in [1.165, 1.54) is 0 Å². The van der Waals surface area contributed by atoms with Gasteiger partial charge in [-0.1, -0.05) is 35.0 Å². The quantitative estimate of drug-likeness (QED) is 0.646. The van der Waals surface area contributed by atoms with Crippen LogP contribution in [0.1, 0.15) is 26.3 Å². The fourth-order valence-corrected chi connectivity index (χ4v) is 1.50. The highest BCUT2D eigenvalue weighted by molar-refractivity contribution is 6.30. The van der Waals surface area contributed by atoms with Gasteiger partial charge in [-0.2, -0.15) is 0 Å². The smallest absolute Gasteiger partial charge is 0.260 e. The zero-order valence-electron chi connectivity index (χ0n) is 11.9. The largest absolute Gasteiger partial charge is 0.385 e. The Morgan fingerprint density at radius 1 is 1.40 bits per heavy atom. The highest BCUT2D eigenvalue weighted by Gasteiger charge is 2.02. The number of halogens is 1. The molecule has 108 valence electrons. The van der Waals surface area contributed by atoms with Crippen LogP contribution in [0, 0.1) is 0 Å². The normalized spacial score (nSPS) is 11.9. The molecule has 0 saturated heterocycles. The lowest BCUT2D eigenvalue weighted by atomic mass is 10.2. The number of rotatable bonds is 6. The predicted octanol–water partition coefficient (Wildman–Crippen LogP) is 3.27. The number of benzene rings is 1. The van der Waals surface area contributed by atoms with E-state index in [1.54, 1.807) is 6.92 Å². The van der Waals surface area contributed by atoms with E-state index in [-0.39, 0.29) is 18.6 Å². The van der Waals surface area contributed by atoms with Crippen LogP contribution in [-0.2, 0) is 9.63 Å². The van der Waals surface area contributed by atoms with Crippen LogP contribution in [0.25, 0.3) is 6.08 Å². The lowest BCUT2D eigenvalue weighted by Gasteiger charge is -2.06. The summed E-state index contributed by atoms with van der Waals surface area (Å²) in [4.78, 5) is 16.3. The van der Waals surface area contributed by atoms with Gasteiger partial charge in [-0.25, -0.2) is 0 Å². The summed E-state index contributed by atoms with van der Waals surface area (Å²) < 4.78 is 0. The third-order valence-corrected chi connectivity index (χ3v) is 2.49. The van der Waals surface area contributed by atoms with E-state index in [4.69, 9.17) is 16.4 Å². The van der Waals surface area contributed by atoms with Gasteiger partial charge in [-0.05, 0) is 44.5 Å². The van der Waals surface area contributed by atoms with Crippen molar-refractivity contribution in [2.45, 2.75) is 26.8 Å². The number of amides is 1. The van der Waals surface area contributed by atoms with Crippen molar-refractivity contribution < 1.29 is 9.63 Å². The van der Waals surface area contributed by atoms with E-state index in [1.807, 2.05) is 50.3 Å². The Hall–Kier alpha value is -1.81. The molecule has 0 spiro atoms. The van der Waals surface area contributed by atoms with Gasteiger partial charge in [0.05, 0.1) is 5.71 Å². The van der Waals surface area contributed by atoms with E-state index < -0.39 is 0 Å². The molecule has 1 aromatic rings. The van der Waals surface area contributed by atoms with Gasteiger partial charge in [0, 0.05) is 11.1 Å². The van der Waals surface area contributed by atoms with Crippen molar-refractivity contribution in [3.63, 3.8) is 0 Å². The molecule has 0 bridgehead atoms. The van der Waals surface area contributed by atoms with Gasteiger partial charge in [0.1, 0.15) is 0 Å². The molecule has 4 nitrogen and oxygen atoms in total. The molecule has 0 aromatic heterocycles. The maximum Gasteiger partial charge on any atom is 0.260 e. The van der Waals surface area contributed by atoms with Crippen LogP contribution in [0.15, 0.2) is 35.5 Å². The zero-order valence-corrected chi connectivity index (χ0v) is 12.6. The van der Waals surface area contributed by atoms with Gasteiger partial charge in [0.2, 0.25) is 0 Å². The van der Waals surface area contributed by atoms with Crippen molar-refractivity contribution in [1.29, 1.82) is 0 Å². The van der Waals surface area contributed by atoms with Crippen molar-refractivity contribution >= 4 is 29.3 Å². The fourth-order valence-electron chi connectivity index (χ4n) is 1.38. The Morgan fingerprint density at radius 3 is 2.65 bits per heavy atom. The van der Waals surface area contributed by atoms with Crippen LogP contribution in [0.3, 0.4) is 0 Å². The first-order valence-electron chi connectivity index (χ1n) is 6.37. The number of carbonyl (C=O) groups is 1. The topological polar surface area (TPSA) is 50.7 Å². The average molecular weight is 295 g/mol. The number of nitrogens with zero attached hydrogens (tertiary/aromatic N) is 1. The molecule has 0 saturated carbocycles. The second-order valence-electron chi connectivity index (χ2n) is 4.61. The van der Waals surface area contributed by atoms with Crippen molar-refractivity contribution in [1.82, 2.24) is 5.32 Å². The molecule has 1 amide bonds. The maximum absolute atomic E-state index is 11.3. The predicted molar refractivity (Wildman–Crippen MR) is 82.8 cm³/mol. The van der Waals surface area contributed by atoms with Gasteiger partial charge < -0.3 is 10.2 Å². The summed E-state index contributed by atoms with van der Waals surface area (Å²) >= 11 is 5.80. The highest BCUT2D eigenvalue weighted by atomic mass is 35.5. The van der Waals surface area contributed by atoms with Crippen LogP contribution >= 0.6 is 11.6 Å². The molecule has 5 heteroatoms. The first-order valence-corrected chi connectivity index (χ1v) is 6.74. The van der Waals surface area contributed by atoms with Crippen molar-refractivity contribution in [2.24, 2.45) is 5.16 Å². The summed E-state index contributed by atoms with van der Waals surface area (Å²) in [6.45, 7) is 5.50. The average Bonchev–Trinajstić information content (AvgIpc) is 2.37. The summed E-state index contributed by atoms with van der Waals surface area (Å²) in [5.74, 6) is -0.182. The molecule has 0 atom stereocenters. The number of oxime groups is 1. The molecule has 1 N–H and O–H groups in total. The minimum atomic E-state index is -0.182. The van der Waals surface area contributed by atoms with Crippen molar-refractivity contribution in [2.75, 3.05) is 6.61 Å². The van der Waals surface area contributed by atoms with E-state index in [0.717, 1.165) is 5.56 Å². The number of hydrogen-bond donors (Lipinski definition) is 1. The van der Waals surface area contributed by atoms with E-state index in [9.17, 15) is 4.79 Å². The number of allylic oxidation sites excluding steroid dienone is 1. The Morgan fingerprint density at radius 2 is 2.05 bits per heavy atom. The molecule has 1 rings (SSSR count). The summed E-state index contributed by atoms with van der Waals surface area (Å²) in [5.41, 5.74) is 1.69. The van der Waals surface area contributed by atoms with Gasteiger partial charge in [0.25, 0.3) is 5.91 Å². The molecule has 0 fully saturated rings. The molecular weight excluding hydrogens is 276 g/mol. The van der Waals surface area contributed by atoms with Crippen LogP contribution in [0.2, 0.25) is 5.02 Å². The summed E-state index contributed by atoms with van der Waals surface area (Å²) in [7, 11) is 0. The zero-order chi connectivity index (χ0) is 15.0. The number of nitrogens with one attached hydrogen (secondary N) is 1. The summed E-state index contributed by atoms with van der Waals surface area (Å²) in [6, 6.07) is 7.55. The third kappa shape index (κ3) is 6.95. The fraction of sp³-hybridized carbons (Fsp3) is 0.333. The Labute approximate surface area is 124 Å². The van der Waals surface area contributed by atoms with Crippen LogP contribution < -0.4 is 5.32 Å². The molecule has 0 heterocycles. The van der Waals surface area contributed by atoms with E-state index in [0.29, 0.717) is 10.7 Å². The molecule has 0 aliphatic carbocycles. The van der Waals surface area contributed by atoms with Gasteiger partial charge in [-0.3, -0.25) is 4.79 Å². The Balaban J connectivity index is 2.41. The van der Waals surface area contributed by atoms with Crippen LogP contribution in [0.5, 0.6) is 0 Å². The van der Waals surface area contributed by atoms with Crippen molar-refractivity contribution in [3.8, 4) is 0 Å². The van der Waals surface area contributed by atoms with Crippen LogP contribution in [0.4, 0.5) is 0 Å². The van der Waals surface area contributed by atoms with Gasteiger partial charge in [-0.15, -0.1) is 0 Å². The van der Waals surface area contributed by atoms with E-state index in [2.05, 4.69) is 10.5 Å². The van der Waals surface area contributed by atoms with Crippen molar-refractivity contribution in [3.05, 3.63) is 40.9 Å². The molecule has 0 radical (unpaired) electrons. The molecule has 0 unspecified atom stereocenters. The minimum absolute atomic E-state index is 0.0791. The second kappa shape index (κ2) is 8.38. The first kappa shape index (κ1) is 16.2. The van der Waals surface area contributed by atoms with E-state index >= 15 is 0 Å². The van der Waals surface area contributed by atoms with Gasteiger partial charge >= 0.3 is 0 Å². The molecule has 1 aromatic carbocycles. The monoisotopic (exact) mass is 294 g/mol. The number of carbonyl (C=O) groups excluding carboxylic acids is 1. The number of hydrogen-bond acceptors (Lipinski definition) is 3. The Bertz CT molecular complexity index is 493. The maximum atomic E-state index is 11.3. The highest BCUT2D eigenvalue weighted by Crippen LogP contribution is 2.10. The third-order valence-electron chi connectivity index (χ3n) is 2.24. The molecular formula is C15H19ClN2O2. The molecule has 0 aliphatic heterocycles. The standard InChI is InChI=1S/C15H19ClN2O2/c1-11(2)17-15(19)10-20-18-12(3)4-5-13-6-8-14(16)9-7-13/h4-9,11H,10H2,1-3H3,(H,17,19)/b5-4+,18-12+. The van der Waals surface area contributed by atoms with Crippen LogP contribution in [-0.4, -0.2) is 24.3 Å². The summed E-state index contributed by atoms with van der Waals surface area (Å²) in [6.07, 6.45) is 3.70. The molecule has 20 heavy (non-hydrogen) atoms. The first-order chi connectivity index (χ1) is 9.47. The SMILES string of the molecule is CC(/C=C/c1ccc(Cl)cc1)=N\OCC(=O)NC(C)C. The molecule has 0 aliphatic rings. The minimum Gasteiger partial charge on any atom is -0.385 e.